The SMILES string of the molecule is CC(C)c1nc(CN2[C@H]3C[C@H]4CC[C@@]3(CS2(=O)=O)C4(C)C)no1. The highest BCUT2D eigenvalue weighted by atomic mass is 32.2. The second kappa shape index (κ2) is 4.57. The zero-order valence-corrected chi connectivity index (χ0v) is 15.1. The Balaban J connectivity index is 1.67. The fourth-order valence-corrected chi connectivity index (χ4v) is 7.80. The molecule has 7 heteroatoms. The number of sulfonamides is 1. The molecule has 3 aliphatic rings. The number of hydrogen-bond acceptors (Lipinski definition) is 5. The fraction of sp³-hybridized carbons (Fsp3) is 0.875. The summed E-state index contributed by atoms with van der Waals surface area (Å²) in [5, 5.41) is 3.98. The van der Waals surface area contributed by atoms with Crippen molar-refractivity contribution in [2.45, 2.75) is 65.5 Å². The molecule has 2 saturated carbocycles. The number of fused-ring (bicyclic) bond motifs is 1. The van der Waals surface area contributed by atoms with Crippen molar-refractivity contribution < 1.29 is 12.9 Å². The summed E-state index contributed by atoms with van der Waals surface area (Å²) in [5.74, 6) is 2.11. The average Bonchev–Trinajstić information content (AvgIpc) is 3.11. The maximum Gasteiger partial charge on any atom is 0.229 e. The summed E-state index contributed by atoms with van der Waals surface area (Å²) >= 11 is 0. The predicted molar refractivity (Wildman–Crippen MR) is 85.1 cm³/mol. The molecule has 23 heavy (non-hydrogen) atoms. The molecule has 0 N–H and O–H groups in total. The van der Waals surface area contributed by atoms with Gasteiger partial charge in [-0.05, 0) is 30.6 Å². The molecular formula is C16H25N3O3S. The van der Waals surface area contributed by atoms with E-state index in [1.165, 1.54) is 0 Å². The molecule has 2 heterocycles. The Bertz CT molecular complexity index is 740. The van der Waals surface area contributed by atoms with Gasteiger partial charge in [-0.2, -0.15) is 9.29 Å². The van der Waals surface area contributed by atoms with Crippen molar-refractivity contribution in [1.82, 2.24) is 14.4 Å². The Labute approximate surface area is 137 Å². The van der Waals surface area contributed by atoms with Gasteiger partial charge in [0.15, 0.2) is 5.82 Å². The van der Waals surface area contributed by atoms with E-state index in [-0.39, 0.29) is 35.1 Å². The van der Waals surface area contributed by atoms with Crippen LogP contribution in [0.3, 0.4) is 0 Å². The molecule has 1 aromatic rings. The minimum absolute atomic E-state index is 0.0961. The van der Waals surface area contributed by atoms with Crippen molar-refractivity contribution in [3.63, 3.8) is 0 Å². The van der Waals surface area contributed by atoms with Crippen LogP contribution in [0, 0.1) is 16.7 Å². The van der Waals surface area contributed by atoms with Gasteiger partial charge in [0.25, 0.3) is 0 Å². The van der Waals surface area contributed by atoms with Crippen molar-refractivity contribution in [3.8, 4) is 0 Å². The van der Waals surface area contributed by atoms with Gasteiger partial charge in [0.2, 0.25) is 15.9 Å². The van der Waals surface area contributed by atoms with Crippen molar-refractivity contribution >= 4 is 10.0 Å². The van der Waals surface area contributed by atoms with Gasteiger partial charge < -0.3 is 4.52 Å². The molecule has 0 amide bonds. The number of hydrogen-bond donors (Lipinski definition) is 0. The van der Waals surface area contributed by atoms with E-state index in [2.05, 4.69) is 24.0 Å². The summed E-state index contributed by atoms with van der Waals surface area (Å²) < 4.78 is 32.6. The normalized spacial score (nSPS) is 37.6. The van der Waals surface area contributed by atoms with E-state index in [9.17, 15) is 8.42 Å². The van der Waals surface area contributed by atoms with Gasteiger partial charge in [0, 0.05) is 17.4 Å². The molecule has 2 aliphatic carbocycles. The minimum Gasteiger partial charge on any atom is -0.339 e. The summed E-state index contributed by atoms with van der Waals surface area (Å²) in [5.41, 5.74) is 0.000939. The first-order chi connectivity index (χ1) is 10.7. The van der Waals surface area contributed by atoms with E-state index in [4.69, 9.17) is 4.52 Å². The second-order valence-electron chi connectivity index (χ2n) is 8.37. The van der Waals surface area contributed by atoms with Gasteiger partial charge in [-0.1, -0.05) is 32.9 Å². The Morgan fingerprint density at radius 2 is 2.13 bits per heavy atom. The third kappa shape index (κ3) is 1.92. The molecule has 0 radical (unpaired) electrons. The monoisotopic (exact) mass is 339 g/mol. The van der Waals surface area contributed by atoms with Crippen LogP contribution >= 0.6 is 0 Å². The summed E-state index contributed by atoms with van der Waals surface area (Å²) in [4.78, 5) is 4.37. The first kappa shape index (κ1) is 15.6. The Hall–Kier alpha value is -0.950. The third-order valence-electron chi connectivity index (χ3n) is 6.81. The number of nitrogens with zero attached hydrogens (tertiary/aromatic N) is 3. The van der Waals surface area contributed by atoms with Gasteiger partial charge in [-0.25, -0.2) is 8.42 Å². The van der Waals surface area contributed by atoms with Crippen molar-refractivity contribution in [2.24, 2.45) is 16.7 Å². The third-order valence-corrected chi connectivity index (χ3v) is 8.79. The molecule has 3 atom stereocenters. The lowest BCUT2D eigenvalue weighted by atomic mass is 9.69. The molecule has 3 fully saturated rings. The lowest BCUT2D eigenvalue weighted by molar-refractivity contribution is 0.111. The first-order valence-electron chi connectivity index (χ1n) is 8.49. The van der Waals surface area contributed by atoms with E-state index in [1.54, 1.807) is 4.31 Å². The van der Waals surface area contributed by atoms with E-state index < -0.39 is 10.0 Å². The lowest BCUT2D eigenvalue weighted by Crippen LogP contribution is -2.41. The summed E-state index contributed by atoms with van der Waals surface area (Å²) in [7, 11) is -3.26. The molecule has 1 aromatic heterocycles. The topological polar surface area (TPSA) is 76.3 Å². The number of aromatic nitrogens is 2. The highest BCUT2D eigenvalue weighted by Gasteiger charge is 2.71. The van der Waals surface area contributed by atoms with E-state index >= 15 is 0 Å². The molecular weight excluding hydrogens is 314 g/mol. The van der Waals surface area contributed by atoms with Crippen molar-refractivity contribution in [2.75, 3.05) is 5.75 Å². The molecule has 1 saturated heterocycles. The Morgan fingerprint density at radius 3 is 2.74 bits per heavy atom. The van der Waals surface area contributed by atoms with Crippen LogP contribution in [-0.2, 0) is 16.6 Å². The van der Waals surface area contributed by atoms with Gasteiger partial charge in [-0.15, -0.1) is 0 Å². The molecule has 6 nitrogen and oxygen atoms in total. The maximum atomic E-state index is 12.8. The van der Waals surface area contributed by atoms with E-state index in [0.717, 1.165) is 19.3 Å². The van der Waals surface area contributed by atoms with Crippen LogP contribution in [0.4, 0.5) is 0 Å². The molecule has 0 unspecified atom stereocenters. The average molecular weight is 339 g/mol. The molecule has 1 aliphatic heterocycles. The Kier molecular flexibility index (Phi) is 3.09. The van der Waals surface area contributed by atoms with E-state index in [0.29, 0.717) is 17.6 Å². The van der Waals surface area contributed by atoms with Crippen molar-refractivity contribution in [1.29, 1.82) is 0 Å². The predicted octanol–water partition coefficient (Wildman–Crippen LogP) is 2.53. The maximum absolute atomic E-state index is 12.8. The highest BCUT2D eigenvalue weighted by molar-refractivity contribution is 7.89. The van der Waals surface area contributed by atoms with Crippen LogP contribution in [0.2, 0.25) is 0 Å². The highest BCUT2D eigenvalue weighted by Crippen LogP contribution is 2.70. The first-order valence-corrected chi connectivity index (χ1v) is 10.1. The van der Waals surface area contributed by atoms with Crippen LogP contribution in [0.15, 0.2) is 4.52 Å². The van der Waals surface area contributed by atoms with Crippen LogP contribution in [0.5, 0.6) is 0 Å². The Morgan fingerprint density at radius 1 is 1.39 bits per heavy atom. The number of rotatable bonds is 3. The largest absolute Gasteiger partial charge is 0.339 e. The van der Waals surface area contributed by atoms with Crippen LogP contribution in [0.25, 0.3) is 0 Å². The molecule has 1 spiro atoms. The van der Waals surface area contributed by atoms with Crippen LogP contribution in [0.1, 0.15) is 64.6 Å². The zero-order chi connectivity index (χ0) is 16.6. The molecule has 0 aromatic carbocycles. The quantitative estimate of drug-likeness (QED) is 0.846. The summed E-state index contributed by atoms with van der Waals surface area (Å²) in [6.07, 6.45) is 3.15. The standard InChI is InChI=1S/C16H25N3O3S/c1-10(2)14-17-13(18-22-14)8-19-12-7-11-5-6-16(12,15(11,3)4)9-23(19,20)21/h10-12H,5-9H2,1-4H3/t11-,12+,16+/m1/s1. The minimum atomic E-state index is -3.26. The second-order valence-corrected chi connectivity index (χ2v) is 10.3. The molecule has 2 bridgehead atoms. The van der Waals surface area contributed by atoms with Gasteiger partial charge in [-0.3, -0.25) is 0 Å². The van der Waals surface area contributed by atoms with Gasteiger partial charge >= 0.3 is 0 Å². The van der Waals surface area contributed by atoms with Gasteiger partial charge in [0.1, 0.15) is 0 Å². The van der Waals surface area contributed by atoms with Crippen molar-refractivity contribution in [3.05, 3.63) is 11.7 Å². The smallest absolute Gasteiger partial charge is 0.229 e. The van der Waals surface area contributed by atoms with E-state index in [1.807, 2.05) is 13.8 Å². The molecule has 128 valence electrons. The summed E-state index contributed by atoms with van der Waals surface area (Å²) in [6, 6.07) is 0.0993. The summed E-state index contributed by atoms with van der Waals surface area (Å²) in [6.45, 7) is 8.73. The lowest BCUT2D eigenvalue weighted by Gasteiger charge is -2.37. The van der Waals surface area contributed by atoms with Crippen LogP contribution < -0.4 is 0 Å². The van der Waals surface area contributed by atoms with Crippen LogP contribution in [-0.4, -0.2) is 34.7 Å². The molecule has 4 rings (SSSR count). The zero-order valence-electron chi connectivity index (χ0n) is 14.2. The fourth-order valence-electron chi connectivity index (χ4n) is 5.29. The van der Waals surface area contributed by atoms with Gasteiger partial charge in [0.05, 0.1) is 12.3 Å².